The van der Waals surface area contributed by atoms with E-state index in [1.54, 1.807) is 11.3 Å². The zero-order chi connectivity index (χ0) is 19.4. The van der Waals surface area contributed by atoms with Gasteiger partial charge in [-0.25, -0.2) is 4.98 Å². The Hall–Kier alpha value is -1.34. The summed E-state index contributed by atoms with van der Waals surface area (Å²) >= 11 is 1.78. The maximum atomic E-state index is 5.98. The van der Waals surface area contributed by atoms with Crippen molar-refractivity contribution in [1.82, 2.24) is 15.6 Å². The zero-order valence-electron chi connectivity index (χ0n) is 17.4. The van der Waals surface area contributed by atoms with Crippen LogP contribution in [-0.4, -0.2) is 55.9 Å². The van der Waals surface area contributed by atoms with Gasteiger partial charge in [0, 0.05) is 56.0 Å². The number of nitrogens with zero attached hydrogens (tertiary/aromatic N) is 3. The molecule has 7 heteroatoms. The van der Waals surface area contributed by atoms with Gasteiger partial charge in [-0.3, -0.25) is 4.99 Å². The first-order valence-electron chi connectivity index (χ1n) is 11.1. The standard InChI is InChI=1S/C21H35N5OS/c1-3-22-19(25-17-14-18(27-4-2)21(17)9-7-10-21)23-11-8-16-15-28-20(24-16)26-12-5-6-13-26/h15,17-18H,3-14H2,1-2H3,(H2,22,23,25). The van der Waals surface area contributed by atoms with Gasteiger partial charge in [-0.15, -0.1) is 11.3 Å². The highest BCUT2D eigenvalue weighted by molar-refractivity contribution is 7.13. The summed E-state index contributed by atoms with van der Waals surface area (Å²) in [5.41, 5.74) is 1.52. The van der Waals surface area contributed by atoms with Crippen molar-refractivity contribution in [1.29, 1.82) is 0 Å². The van der Waals surface area contributed by atoms with Crippen LogP contribution in [0.15, 0.2) is 10.4 Å². The van der Waals surface area contributed by atoms with Crippen molar-refractivity contribution in [3.63, 3.8) is 0 Å². The average molecular weight is 406 g/mol. The van der Waals surface area contributed by atoms with E-state index in [4.69, 9.17) is 14.7 Å². The van der Waals surface area contributed by atoms with Gasteiger partial charge in [0.2, 0.25) is 0 Å². The lowest BCUT2D eigenvalue weighted by atomic mass is 9.51. The van der Waals surface area contributed by atoms with E-state index in [1.807, 2.05) is 0 Å². The number of ether oxygens (including phenoxy) is 1. The normalized spacial score (nSPS) is 26.2. The smallest absolute Gasteiger partial charge is 0.191 e. The van der Waals surface area contributed by atoms with Crippen molar-refractivity contribution in [2.75, 3.05) is 37.7 Å². The molecule has 2 aliphatic carbocycles. The molecule has 0 amide bonds. The molecule has 28 heavy (non-hydrogen) atoms. The van der Waals surface area contributed by atoms with Gasteiger partial charge < -0.3 is 20.3 Å². The molecule has 1 aromatic heterocycles. The number of guanidine groups is 1. The molecular formula is C21H35N5OS. The van der Waals surface area contributed by atoms with Crippen molar-refractivity contribution in [3.8, 4) is 0 Å². The number of hydrogen-bond donors (Lipinski definition) is 2. The highest BCUT2D eigenvalue weighted by Gasteiger charge is 2.59. The lowest BCUT2D eigenvalue weighted by Gasteiger charge is -2.61. The summed E-state index contributed by atoms with van der Waals surface area (Å²) in [6.45, 7) is 9.02. The van der Waals surface area contributed by atoms with Crippen molar-refractivity contribution >= 4 is 22.4 Å². The Kier molecular flexibility index (Phi) is 6.41. The molecular weight excluding hydrogens is 370 g/mol. The fourth-order valence-electron chi connectivity index (χ4n) is 4.87. The first-order chi connectivity index (χ1) is 13.7. The molecule has 3 aliphatic rings. The Morgan fingerprint density at radius 3 is 2.82 bits per heavy atom. The lowest BCUT2D eigenvalue weighted by Crippen LogP contribution is -2.68. The van der Waals surface area contributed by atoms with Gasteiger partial charge in [0.25, 0.3) is 0 Å². The Labute approximate surface area is 173 Å². The molecule has 1 aromatic rings. The van der Waals surface area contributed by atoms with Crippen molar-refractivity contribution in [2.45, 2.75) is 70.9 Å². The number of rotatable bonds is 8. The number of aliphatic imine (C=N–C) groups is 1. The molecule has 2 saturated carbocycles. The van der Waals surface area contributed by atoms with Crippen LogP contribution in [0.1, 0.15) is 58.1 Å². The largest absolute Gasteiger partial charge is 0.378 e. The second-order valence-electron chi connectivity index (χ2n) is 8.29. The maximum absolute atomic E-state index is 5.98. The first-order valence-corrected chi connectivity index (χ1v) is 12.0. The molecule has 0 aromatic carbocycles. The van der Waals surface area contributed by atoms with Crippen LogP contribution in [-0.2, 0) is 11.2 Å². The molecule has 0 radical (unpaired) electrons. The van der Waals surface area contributed by atoms with E-state index in [9.17, 15) is 0 Å². The second kappa shape index (κ2) is 8.99. The predicted octanol–water partition coefficient (Wildman–Crippen LogP) is 3.19. The highest BCUT2D eigenvalue weighted by atomic mass is 32.1. The third kappa shape index (κ3) is 4.01. The van der Waals surface area contributed by atoms with Crippen LogP contribution >= 0.6 is 11.3 Å². The molecule has 2 unspecified atom stereocenters. The van der Waals surface area contributed by atoms with Crippen LogP contribution in [0.2, 0.25) is 0 Å². The summed E-state index contributed by atoms with van der Waals surface area (Å²) in [7, 11) is 0. The summed E-state index contributed by atoms with van der Waals surface area (Å²) in [5, 5.41) is 10.5. The van der Waals surface area contributed by atoms with Crippen LogP contribution in [0.5, 0.6) is 0 Å². The van der Waals surface area contributed by atoms with Crippen molar-refractivity contribution < 1.29 is 4.74 Å². The van der Waals surface area contributed by atoms with Gasteiger partial charge in [0.15, 0.2) is 11.1 Å². The molecule has 2 N–H and O–H groups in total. The minimum Gasteiger partial charge on any atom is -0.378 e. The van der Waals surface area contributed by atoms with Crippen LogP contribution in [0, 0.1) is 5.41 Å². The van der Waals surface area contributed by atoms with Crippen LogP contribution in [0.4, 0.5) is 5.13 Å². The summed E-state index contributed by atoms with van der Waals surface area (Å²) in [6.07, 6.45) is 8.93. The van der Waals surface area contributed by atoms with Gasteiger partial charge in [-0.05, 0) is 46.0 Å². The molecule has 2 heterocycles. The van der Waals surface area contributed by atoms with E-state index in [0.29, 0.717) is 17.6 Å². The first kappa shape index (κ1) is 20.0. The molecule has 156 valence electrons. The lowest BCUT2D eigenvalue weighted by molar-refractivity contribution is -0.168. The van der Waals surface area contributed by atoms with Gasteiger partial charge in [0.1, 0.15) is 0 Å². The third-order valence-corrected chi connectivity index (χ3v) is 7.60. The Bertz CT molecular complexity index is 666. The summed E-state index contributed by atoms with van der Waals surface area (Å²) in [4.78, 5) is 12.1. The number of aromatic nitrogens is 1. The third-order valence-electron chi connectivity index (χ3n) is 6.65. The van der Waals surface area contributed by atoms with E-state index in [0.717, 1.165) is 51.6 Å². The minimum atomic E-state index is 0.353. The summed E-state index contributed by atoms with van der Waals surface area (Å²) < 4.78 is 5.98. The predicted molar refractivity (Wildman–Crippen MR) is 116 cm³/mol. The van der Waals surface area contributed by atoms with Crippen LogP contribution in [0.25, 0.3) is 0 Å². The molecule has 6 nitrogen and oxygen atoms in total. The topological polar surface area (TPSA) is 61.8 Å². The molecule has 1 aliphatic heterocycles. The molecule has 1 saturated heterocycles. The van der Waals surface area contributed by atoms with Crippen LogP contribution < -0.4 is 15.5 Å². The molecule has 0 bridgehead atoms. The number of thiazole rings is 1. The van der Waals surface area contributed by atoms with E-state index >= 15 is 0 Å². The van der Waals surface area contributed by atoms with Crippen molar-refractivity contribution in [3.05, 3.63) is 11.1 Å². The number of nitrogens with one attached hydrogen (secondary N) is 2. The second-order valence-corrected chi connectivity index (χ2v) is 9.13. The monoisotopic (exact) mass is 405 g/mol. The SMILES string of the molecule is CCNC(=NCCc1csc(N2CCCC2)n1)NC1CC(OCC)C12CCC2. The summed E-state index contributed by atoms with van der Waals surface area (Å²) in [5.74, 6) is 0.948. The average Bonchev–Trinajstić information content (AvgIpc) is 3.30. The summed E-state index contributed by atoms with van der Waals surface area (Å²) in [6, 6.07) is 0.497. The molecule has 4 rings (SSSR count). The van der Waals surface area contributed by atoms with Gasteiger partial charge >= 0.3 is 0 Å². The Balaban J connectivity index is 1.30. The van der Waals surface area contributed by atoms with E-state index in [2.05, 4.69) is 34.8 Å². The zero-order valence-corrected chi connectivity index (χ0v) is 18.2. The van der Waals surface area contributed by atoms with Gasteiger partial charge in [-0.1, -0.05) is 6.42 Å². The molecule has 2 atom stereocenters. The Morgan fingerprint density at radius 2 is 2.14 bits per heavy atom. The minimum absolute atomic E-state index is 0.353. The molecule has 1 spiro atoms. The highest BCUT2D eigenvalue weighted by Crippen LogP contribution is 2.57. The maximum Gasteiger partial charge on any atom is 0.191 e. The van der Waals surface area contributed by atoms with Gasteiger partial charge in [-0.2, -0.15) is 0 Å². The van der Waals surface area contributed by atoms with Crippen molar-refractivity contribution in [2.24, 2.45) is 10.4 Å². The fraction of sp³-hybridized carbons (Fsp3) is 0.810. The molecule has 3 fully saturated rings. The van der Waals surface area contributed by atoms with E-state index in [1.165, 1.54) is 42.9 Å². The van der Waals surface area contributed by atoms with Gasteiger partial charge in [0.05, 0.1) is 11.8 Å². The van der Waals surface area contributed by atoms with E-state index < -0.39 is 0 Å². The van der Waals surface area contributed by atoms with E-state index in [-0.39, 0.29) is 0 Å². The number of anilines is 1. The quantitative estimate of drug-likeness (QED) is 0.514. The number of hydrogen-bond acceptors (Lipinski definition) is 5. The van der Waals surface area contributed by atoms with Crippen LogP contribution in [0.3, 0.4) is 0 Å². The Morgan fingerprint density at radius 1 is 1.32 bits per heavy atom. The fourth-order valence-corrected chi connectivity index (χ4v) is 5.79.